The number of anilines is 1. The lowest BCUT2D eigenvalue weighted by molar-refractivity contribution is -0.113. The number of carbonyl (C=O) groups is 1. The SMILES string of the molecule is COc1ccnc(SCC(=O)Nc2ccccc2)n1. The number of benzene rings is 1. The summed E-state index contributed by atoms with van der Waals surface area (Å²) in [5.74, 6) is 0.644. The summed E-state index contributed by atoms with van der Waals surface area (Å²) in [6.07, 6.45) is 1.60. The van der Waals surface area contributed by atoms with Gasteiger partial charge in [0.05, 0.1) is 12.9 Å². The number of hydrogen-bond acceptors (Lipinski definition) is 5. The molecule has 19 heavy (non-hydrogen) atoms. The molecule has 6 heteroatoms. The monoisotopic (exact) mass is 275 g/mol. The molecule has 0 aliphatic carbocycles. The van der Waals surface area contributed by atoms with Gasteiger partial charge in [0.15, 0.2) is 5.16 Å². The lowest BCUT2D eigenvalue weighted by Crippen LogP contribution is -2.14. The van der Waals surface area contributed by atoms with Crippen LogP contribution in [0, 0.1) is 0 Å². The predicted octanol–water partition coefficient (Wildman–Crippen LogP) is 2.22. The molecule has 0 spiro atoms. The molecule has 0 saturated carbocycles. The Kier molecular flexibility index (Phi) is 4.74. The molecule has 0 aliphatic heterocycles. The van der Waals surface area contributed by atoms with Crippen molar-refractivity contribution in [2.24, 2.45) is 0 Å². The Bertz CT molecular complexity index is 549. The predicted molar refractivity (Wildman–Crippen MR) is 74.4 cm³/mol. The van der Waals surface area contributed by atoms with Gasteiger partial charge in [0, 0.05) is 18.0 Å². The zero-order valence-corrected chi connectivity index (χ0v) is 11.2. The van der Waals surface area contributed by atoms with Crippen LogP contribution in [0.2, 0.25) is 0 Å². The second-order valence-corrected chi connectivity index (χ2v) is 4.53. The molecule has 0 saturated heterocycles. The average Bonchev–Trinajstić information content (AvgIpc) is 2.46. The van der Waals surface area contributed by atoms with Crippen molar-refractivity contribution in [1.29, 1.82) is 0 Å². The molecule has 2 aromatic rings. The first kappa shape index (κ1) is 13.4. The van der Waals surface area contributed by atoms with Crippen LogP contribution in [-0.2, 0) is 4.79 Å². The lowest BCUT2D eigenvalue weighted by atomic mass is 10.3. The van der Waals surface area contributed by atoms with Crippen molar-refractivity contribution < 1.29 is 9.53 Å². The summed E-state index contributed by atoms with van der Waals surface area (Å²) in [6, 6.07) is 11.0. The number of nitrogens with zero attached hydrogens (tertiary/aromatic N) is 2. The van der Waals surface area contributed by atoms with E-state index < -0.39 is 0 Å². The molecule has 5 nitrogen and oxygen atoms in total. The Balaban J connectivity index is 1.86. The molecule has 1 aromatic carbocycles. The fourth-order valence-corrected chi connectivity index (χ4v) is 1.98. The van der Waals surface area contributed by atoms with Crippen LogP contribution in [0.15, 0.2) is 47.8 Å². The summed E-state index contributed by atoms with van der Waals surface area (Å²) in [5.41, 5.74) is 0.777. The third-order valence-electron chi connectivity index (χ3n) is 2.21. The maximum atomic E-state index is 11.7. The number of hydrogen-bond donors (Lipinski definition) is 1. The first-order valence-electron chi connectivity index (χ1n) is 5.62. The van der Waals surface area contributed by atoms with Gasteiger partial charge in [0.25, 0.3) is 0 Å². The fraction of sp³-hybridized carbons (Fsp3) is 0.154. The number of amides is 1. The van der Waals surface area contributed by atoms with E-state index in [2.05, 4.69) is 15.3 Å². The molecule has 0 radical (unpaired) electrons. The summed E-state index contributed by atoms with van der Waals surface area (Å²) in [4.78, 5) is 19.9. The van der Waals surface area contributed by atoms with Crippen molar-refractivity contribution in [1.82, 2.24) is 9.97 Å². The van der Waals surface area contributed by atoms with E-state index in [1.54, 1.807) is 19.4 Å². The largest absolute Gasteiger partial charge is 0.481 e. The van der Waals surface area contributed by atoms with Gasteiger partial charge in [-0.15, -0.1) is 0 Å². The minimum absolute atomic E-state index is 0.0948. The van der Waals surface area contributed by atoms with Crippen molar-refractivity contribution in [3.8, 4) is 5.88 Å². The van der Waals surface area contributed by atoms with E-state index in [1.807, 2.05) is 30.3 Å². The lowest BCUT2D eigenvalue weighted by Gasteiger charge is -2.04. The number of para-hydroxylation sites is 1. The minimum Gasteiger partial charge on any atom is -0.481 e. The molecule has 0 aliphatic rings. The van der Waals surface area contributed by atoms with Crippen LogP contribution < -0.4 is 10.1 Å². The summed E-state index contributed by atoms with van der Waals surface area (Å²) in [5, 5.41) is 3.31. The number of aromatic nitrogens is 2. The van der Waals surface area contributed by atoms with Gasteiger partial charge in [-0.1, -0.05) is 30.0 Å². The molecule has 1 N–H and O–H groups in total. The van der Waals surface area contributed by atoms with Gasteiger partial charge in [-0.2, -0.15) is 4.98 Å². The Morgan fingerprint density at radius 1 is 1.32 bits per heavy atom. The van der Waals surface area contributed by atoms with E-state index in [0.717, 1.165) is 5.69 Å². The van der Waals surface area contributed by atoms with Gasteiger partial charge in [-0.25, -0.2) is 4.98 Å². The van der Waals surface area contributed by atoms with Crippen LogP contribution in [-0.4, -0.2) is 28.7 Å². The zero-order chi connectivity index (χ0) is 13.5. The summed E-state index contributed by atoms with van der Waals surface area (Å²) >= 11 is 1.26. The highest BCUT2D eigenvalue weighted by Crippen LogP contribution is 2.16. The third-order valence-corrected chi connectivity index (χ3v) is 3.07. The van der Waals surface area contributed by atoms with Gasteiger partial charge >= 0.3 is 0 Å². The van der Waals surface area contributed by atoms with E-state index in [9.17, 15) is 4.79 Å². The average molecular weight is 275 g/mol. The first-order chi connectivity index (χ1) is 9.28. The number of carbonyl (C=O) groups excluding carboxylic acids is 1. The van der Waals surface area contributed by atoms with Gasteiger partial charge in [0.2, 0.25) is 11.8 Å². The van der Waals surface area contributed by atoms with Crippen molar-refractivity contribution in [3.63, 3.8) is 0 Å². The first-order valence-corrected chi connectivity index (χ1v) is 6.61. The Morgan fingerprint density at radius 2 is 2.11 bits per heavy atom. The van der Waals surface area contributed by atoms with Crippen LogP contribution in [0.25, 0.3) is 0 Å². The minimum atomic E-state index is -0.0948. The topological polar surface area (TPSA) is 64.1 Å². The van der Waals surface area contributed by atoms with Crippen molar-refractivity contribution >= 4 is 23.4 Å². The molecule has 0 atom stereocenters. The summed E-state index contributed by atoms with van der Waals surface area (Å²) < 4.78 is 4.99. The van der Waals surface area contributed by atoms with Crippen LogP contribution in [0.4, 0.5) is 5.69 Å². The fourth-order valence-electron chi connectivity index (χ4n) is 1.36. The van der Waals surface area contributed by atoms with Gasteiger partial charge in [-0.05, 0) is 12.1 Å². The highest BCUT2D eigenvalue weighted by molar-refractivity contribution is 7.99. The van der Waals surface area contributed by atoms with E-state index >= 15 is 0 Å². The number of thioether (sulfide) groups is 1. The van der Waals surface area contributed by atoms with Crippen molar-refractivity contribution in [2.75, 3.05) is 18.2 Å². The smallest absolute Gasteiger partial charge is 0.234 e. The van der Waals surface area contributed by atoms with Gasteiger partial charge in [-0.3, -0.25) is 4.79 Å². The van der Waals surface area contributed by atoms with Crippen LogP contribution in [0.1, 0.15) is 0 Å². The molecule has 2 rings (SSSR count). The number of ether oxygens (including phenoxy) is 1. The number of rotatable bonds is 5. The Hall–Kier alpha value is -2.08. The Morgan fingerprint density at radius 3 is 2.84 bits per heavy atom. The molecule has 1 amide bonds. The molecule has 0 fully saturated rings. The molecule has 1 heterocycles. The van der Waals surface area contributed by atoms with Crippen LogP contribution in [0.5, 0.6) is 5.88 Å². The summed E-state index contributed by atoms with van der Waals surface area (Å²) in [6.45, 7) is 0. The highest BCUT2D eigenvalue weighted by atomic mass is 32.2. The van der Waals surface area contributed by atoms with E-state index in [1.165, 1.54) is 11.8 Å². The van der Waals surface area contributed by atoms with E-state index in [-0.39, 0.29) is 11.7 Å². The van der Waals surface area contributed by atoms with Gasteiger partial charge < -0.3 is 10.1 Å². The second kappa shape index (κ2) is 6.75. The second-order valence-electron chi connectivity index (χ2n) is 3.58. The molecule has 0 unspecified atom stereocenters. The quantitative estimate of drug-likeness (QED) is 0.669. The van der Waals surface area contributed by atoms with Crippen molar-refractivity contribution in [3.05, 3.63) is 42.6 Å². The van der Waals surface area contributed by atoms with E-state index in [0.29, 0.717) is 11.0 Å². The number of nitrogens with one attached hydrogen (secondary N) is 1. The molecule has 98 valence electrons. The Labute approximate surface area is 115 Å². The molecular weight excluding hydrogens is 262 g/mol. The molecule has 1 aromatic heterocycles. The van der Waals surface area contributed by atoms with Crippen molar-refractivity contribution in [2.45, 2.75) is 5.16 Å². The van der Waals surface area contributed by atoms with Crippen LogP contribution >= 0.6 is 11.8 Å². The molecule has 0 bridgehead atoms. The standard InChI is InChI=1S/C13H13N3O2S/c1-18-12-7-8-14-13(16-12)19-9-11(17)15-10-5-3-2-4-6-10/h2-8H,9H2,1H3,(H,15,17). The van der Waals surface area contributed by atoms with Crippen LogP contribution in [0.3, 0.4) is 0 Å². The third kappa shape index (κ3) is 4.26. The summed E-state index contributed by atoms with van der Waals surface area (Å²) in [7, 11) is 1.54. The highest BCUT2D eigenvalue weighted by Gasteiger charge is 2.06. The normalized spacial score (nSPS) is 9.95. The maximum Gasteiger partial charge on any atom is 0.234 e. The maximum absolute atomic E-state index is 11.7. The zero-order valence-electron chi connectivity index (χ0n) is 10.4. The van der Waals surface area contributed by atoms with E-state index in [4.69, 9.17) is 4.74 Å². The number of methoxy groups -OCH3 is 1. The van der Waals surface area contributed by atoms with Gasteiger partial charge in [0.1, 0.15) is 0 Å². The molecular formula is C13H13N3O2S.